The van der Waals surface area contributed by atoms with Crippen LogP contribution in [0.25, 0.3) is 11.0 Å². The zero-order chi connectivity index (χ0) is 11.2. The first kappa shape index (κ1) is 10.1. The Morgan fingerprint density at radius 3 is 3.00 bits per heavy atom. The number of hydrogen-bond donors (Lipinski definition) is 1. The molecule has 2 saturated carbocycles. The first-order valence-electron chi connectivity index (χ1n) is 6.38. The minimum atomic E-state index is 0.0782. The Morgan fingerprint density at radius 1 is 1.18 bits per heavy atom. The number of nitrogens with one attached hydrogen (secondary N) is 1. The Bertz CT molecular complexity index is 550. The van der Waals surface area contributed by atoms with Gasteiger partial charge in [-0.3, -0.25) is 0 Å². The van der Waals surface area contributed by atoms with Crippen LogP contribution in [0.15, 0.2) is 18.2 Å². The molecule has 1 aromatic heterocycles. The molecule has 2 aliphatic rings. The number of rotatable bonds is 2. The maximum atomic E-state index is 4.54. The van der Waals surface area contributed by atoms with Crippen LogP contribution in [0.3, 0.4) is 0 Å². The maximum absolute atomic E-state index is 4.54. The van der Waals surface area contributed by atoms with Crippen LogP contribution in [0.5, 0.6) is 0 Å². The van der Waals surface area contributed by atoms with Crippen LogP contribution in [0, 0.1) is 11.8 Å². The summed E-state index contributed by atoms with van der Waals surface area (Å²) in [5.41, 5.74) is 3.40. The zero-order valence-electron chi connectivity index (χ0n) is 9.60. The molecule has 4 rings (SSSR count). The molecule has 1 N–H and O–H groups in total. The summed E-state index contributed by atoms with van der Waals surface area (Å²) < 4.78 is 8.97. The van der Waals surface area contributed by atoms with Crippen LogP contribution in [0.4, 0.5) is 5.69 Å². The Morgan fingerprint density at radius 2 is 2.18 bits per heavy atom. The zero-order valence-corrected chi connectivity index (χ0v) is 11.3. The van der Waals surface area contributed by atoms with E-state index in [0.29, 0.717) is 6.04 Å². The van der Waals surface area contributed by atoms with Crippen LogP contribution < -0.4 is 5.32 Å². The van der Waals surface area contributed by atoms with Gasteiger partial charge in [0.15, 0.2) is 0 Å². The molecule has 0 radical (unpaired) electrons. The second-order valence-corrected chi connectivity index (χ2v) is 6.47. The molecule has 0 spiro atoms. The quantitative estimate of drug-likeness (QED) is 0.863. The summed E-state index contributed by atoms with van der Waals surface area (Å²) in [5.74, 6) is 1.89. The van der Waals surface area contributed by atoms with E-state index < -0.39 is 0 Å². The van der Waals surface area contributed by atoms with Crippen molar-refractivity contribution < 1.29 is 0 Å². The van der Waals surface area contributed by atoms with Gasteiger partial charge in [0.05, 0.1) is 0 Å². The van der Waals surface area contributed by atoms with Crippen molar-refractivity contribution in [2.45, 2.75) is 31.7 Å². The average molecular weight is 292 g/mol. The number of benzene rings is 1. The van der Waals surface area contributed by atoms with E-state index in [1.807, 2.05) is 0 Å². The van der Waals surface area contributed by atoms with Gasteiger partial charge in [-0.1, -0.05) is 0 Å². The normalized spacial score (nSPS) is 31.2. The molecular formula is C13H15N3Se. The van der Waals surface area contributed by atoms with E-state index >= 15 is 0 Å². The first-order chi connectivity index (χ1) is 8.40. The second-order valence-electron chi connectivity index (χ2n) is 5.36. The summed E-state index contributed by atoms with van der Waals surface area (Å²) in [6, 6.07) is 7.00. The van der Waals surface area contributed by atoms with Crippen molar-refractivity contribution in [3.63, 3.8) is 0 Å². The van der Waals surface area contributed by atoms with E-state index in [4.69, 9.17) is 0 Å². The molecule has 2 bridgehead atoms. The van der Waals surface area contributed by atoms with Crippen molar-refractivity contribution >= 4 is 31.7 Å². The third-order valence-electron chi connectivity index (χ3n) is 4.36. The molecule has 2 aliphatic carbocycles. The summed E-state index contributed by atoms with van der Waals surface area (Å²) in [5, 5.41) is 3.73. The van der Waals surface area contributed by atoms with Gasteiger partial charge in [-0.15, -0.1) is 0 Å². The molecule has 2 aromatic rings. The van der Waals surface area contributed by atoms with E-state index in [-0.39, 0.29) is 15.0 Å². The van der Waals surface area contributed by atoms with Gasteiger partial charge < -0.3 is 0 Å². The van der Waals surface area contributed by atoms with Gasteiger partial charge >= 0.3 is 107 Å². The fourth-order valence-electron chi connectivity index (χ4n) is 3.54. The summed E-state index contributed by atoms with van der Waals surface area (Å²) >= 11 is 0.0782. The Balaban J connectivity index is 1.65. The summed E-state index contributed by atoms with van der Waals surface area (Å²) in [7, 11) is 0. The molecule has 3 nitrogen and oxygen atoms in total. The summed E-state index contributed by atoms with van der Waals surface area (Å²) in [4.78, 5) is 0. The molecule has 0 aliphatic heterocycles. The van der Waals surface area contributed by atoms with Crippen molar-refractivity contribution in [1.29, 1.82) is 0 Å². The molecule has 17 heavy (non-hydrogen) atoms. The topological polar surface area (TPSA) is 37.8 Å². The van der Waals surface area contributed by atoms with E-state index in [2.05, 4.69) is 31.5 Å². The molecule has 88 valence electrons. The molecule has 2 fully saturated rings. The van der Waals surface area contributed by atoms with Crippen LogP contribution >= 0.6 is 0 Å². The fraction of sp³-hybridized carbons (Fsp3) is 0.538. The Labute approximate surface area is 107 Å². The summed E-state index contributed by atoms with van der Waals surface area (Å²) in [6.45, 7) is 0. The van der Waals surface area contributed by atoms with Crippen molar-refractivity contribution in [3.8, 4) is 0 Å². The Kier molecular flexibility index (Phi) is 2.27. The molecular weight excluding hydrogens is 277 g/mol. The van der Waals surface area contributed by atoms with E-state index in [9.17, 15) is 0 Å². The molecule has 0 amide bonds. The number of fused-ring (bicyclic) bond motifs is 3. The van der Waals surface area contributed by atoms with E-state index in [1.54, 1.807) is 0 Å². The first-order valence-corrected chi connectivity index (χ1v) is 7.91. The van der Waals surface area contributed by atoms with Crippen molar-refractivity contribution in [3.05, 3.63) is 18.2 Å². The van der Waals surface area contributed by atoms with Crippen molar-refractivity contribution in [2.24, 2.45) is 11.8 Å². The number of aromatic nitrogens is 2. The van der Waals surface area contributed by atoms with Crippen LogP contribution in [0.2, 0.25) is 0 Å². The van der Waals surface area contributed by atoms with Crippen LogP contribution in [-0.4, -0.2) is 29.0 Å². The standard InChI is InChI=1S/C13H15N3Se/c1-2-10(13-11(3-1)15-17-16-13)14-12-7-8-4-5-9(12)6-8/h1-3,8-9,12,14H,4-7H2. The van der Waals surface area contributed by atoms with Gasteiger partial charge in [0.1, 0.15) is 0 Å². The SMILES string of the molecule is c1cc(NC2CC3CCC2C3)c2n[se]nc2c1. The van der Waals surface area contributed by atoms with Crippen LogP contribution in [-0.2, 0) is 0 Å². The Hall–Kier alpha value is -0.861. The van der Waals surface area contributed by atoms with Gasteiger partial charge in [0.2, 0.25) is 0 Å². The van der Waals surface area contributed by atoms with Crippen molar-refractivity contribution in [1.82, 2.24) is 7.96 Å². The van der Waals surface area contributed by atoms with E-state index in [0.717, 1.165) is 22.9 Å². The number of hydrogen-bond acceptors (Lipinski definition) is 3. The number of anilines is 1. The summed E-state index contributed by atoms with van der Waals surface area (Å²) in [6.07, 6.45) is 5.68. The van der Waals surface area contributed by atoms with Crippen molar-refractivity contribution in [2.75, 3.05) is 5.32 Å². The molecule has 3 unspecified atom stereocenters. The predicted octanol–water partition coefficient (Wildman–Crippen LogP) is 2.29. The van der Waals surface area contributed by atoms with Gasteiger partial charge in [-0.25, -0.2) is 0 Å². The molecule has 1 heterocycles. The molecule has 3 atom stereocenters. The number of nitrogens with zero attached hydrogens (tertiary/aromatic N) is 2. The molecule has 4 heteroatoms. The minimum absolute atomic E-state index is 0.0782. The molecule has 1 aromatic carbocycles. The fourth-order valence-corrected chi connectivity index (χ4v) is 4.70. The second kappa shape index (κ2) is 3.82. The van der Waals surface area contributed by atoms with Gasteiger partial charge in [-0.2, -0.15) is 0 Å². The third kappa shape index (κ3) is 1.62. The predicted molar refractivity (Wildman–Crippen MR) is 69.3 cm³/mol. The van der Waals surface area contributed by atoms with Gasteiger partial charge in [0, 0.05) is 0 Å². The average Bonchev–Trinajstić information content (AvgIpc) is 3.04. The monoisotopic (exact) mass is 293 g/mol. The van der Waals surface area contributed by atoms with Crippen LogP contribution in [0.1, 0.15) is 25.7 Å². The third-order valence-corrected chi connectivity index (χ3v) is 5.50. The van der Waals surface area contributed by atoms with E-state index in [1.165, 1.54) is 31.4 Å². The molecule has 0 saturated heterocycles. The van der Waals surface area contributed by atoms with Gasteiger partial charge in [0.25, 0.3) is 0 Å². The van der Waals surface area contributed by atoms with Gasteiger partial charge in [-0.05, 0) is 0 Å².